The Hall–Kier alpha value is -0.600. The van der Waals surface area contributed by atoms with E-state index >= 15 is 0 Å². The Morgan fingerprint density at radius 1 is 1.38 bits per heavy atom. The number of allylic oxidation sites excluding steroid dienone is 1. The summed E-state index contributed by atoms with van der Waals surface area (Å²) in [5.41, 5.74) is 0. The van der Waals surface area contributed by atoms with Gasteiger partial charge < -0.3 is 13.8 Å². The van der Waals surface area contributed by atoms with E-state index in [0.29, 0.717) is 13.2 Å². The molecule has 0 aromatic rings. The third-order valence-corrected chi connectivity index (χ3v) is 1.80. The van der Waals surface area contributed by atoms with Crippen molar-refractivity contribution in [1.29, 1.82) is 0 Å². The van der Waals surface area contributed by atoms with E-state index in [1.165, 1.54) is 0 Å². The van der Waals surface area contributed by atoms with E-state index in [0.717, 1.165) is 0 Å². The standard InChI is InChI=1S/C8H15O4P/c1-4-7(8(9)10-5-2)12-13-11-6-3/h4,13H,5-6H2,1-3H3/b7-4+. The Morgan fingerprint density at radius 2 is 2.08 bits per heavy atom. The Bertz CT molecular complexity index is 179. The van der Waals surface area contributed by atoms with E-state index in [2.05, 4.69) is 0 Å². The zero-order valence-electron chi connectivity index (χ0n) is 8.12. The minimum Gasteiger partial charge on any atom is -0.460 e. The Balaban J connectivity index is 3.83. The predicted octanol–water partition coefficient (Wildman–Crippen LogP) is 2.01. The van der Waals surface area contributed by atoms with Crippen LogP contribution in [-0.4, -0.2) is 19.2 Å². The minimum atomic E-state index is -0.447. The van der Waals surface area contributed by atoms with E-state index in [4.69, 9.17) is 13.8 Å². The number of carbonyl (C=O) groups is 1. The third-order valence-electron chi connectivity index (χ3n) is 1.09. The average molecular weight is 206 g/mol. The highest BCUT2D eigenvalue weighted by atomic mass is 31.1. The van der Waals surface area contributed by atoms with Crippen LogP contribution < -0.4 is 0 Å². The molecule has 0 saturated carbocycles. The monoisotopic (exact) mass is 206 g/mol. The van der Waals surface area contributed by atoms with Crippen molar-refractivity contribution in [3.05, 3.63) is 11.8 Å². The van der Waals surface area contributed by atoms with Gasteiger partial charge in [0.05, 0.1) is 13.2 Å². The van der Waals surface area contributed by atoms with Crippen LogP contribution in [0.15, 0.2) is 11.8 Å². The quantitative estimate of drug-likeness (QED) is 0.219. The number of hydrogen-bond donors (Lipinski definition) is 0. The summed E-state index contributed by atoms with van der Waals surface area (Å²) in [5.74, 6) is -0.245. The zero-order valence-corrected chi connectivity index (χ0v) is 9.12. The fraction of sp³-hybridized carbons (Fsp3) is 0.625. The molecule has 0 radical (unpaired) electrons. The second-order valence-corrected chi connectivity index (χ2v) is 2.65. The molecule has 13 heavy (non-hydrogen) atoms. The molecule has 1 atom stereocenters. The van der Waals surface area contributed by atoms with Gasteiger partial charge in [0.25, 0.3) is 0 Å². The molecule has 0 N–H and O–H groups in total. The van der Waals surface area contributed by atoms with Crippen molar-refractivity contribution in [3.8, 4) is 0 Å². The van der Waals surface area contributed by atoms with Crippen molar-refractivity contribution in [2.24, 2.45) is 0 Å². The van der Waals surface area contributed by atoms with E-state index in [1.54, 1.807) is 19.9 Å². The molecular formula is C8H15O4P. The first-order valence-corrected chi connectivity index (χ1v) is 4.94. The highest BCUT2D eigenvalue weighted by Crippen LogP contribution is 2.19. The van der Waals surface area contributed by atoms with E-state index < -0.39 is 5.97 Å². The molecule has 0 aromatic heterocycles. The summed E-state index contributed by atoms with van der Waals surface area (Å²) in [6.07, 6.45) is 1.56. The molecule has 76 valence electrons. The molecule has 1 unspecified atom stereocenters. The van der Waals surface area contributed by atoms with Gasteiger partial charge in [-0.05, 0) is 26.8 Å². The maximum Gasteiger partial charge on any atom is 0.373 e. The van der Waals surface area contributed by atoms with Gasteiger partial charge in [0.15, 0.2) is 0 Å². The fourth-order valence-electron chi connectivity index (χ4n) is 0.554. The molecule has 0 aliphatic heterocycles. The normalized spacial score (nSPS) is 12.1. The van der Waals surface area contributed by atoms with Crippen molar-refractivity contribution in [1.82, 2.24) is 0 Å². The van der Waals surface area contributed by atoms with Gasteiger partial charge in [-0.3, -0.25) is 0 Å². The van der Waals surface area contributed by atoms with Crippen LogP contribution in [0.5, 0.6) is 0 Å². The molecule has 4 nitrogen and oxygen atoms in total. The van der Waals surface area contributed by atoms with Crippen LogP contribution >= 0.6 is 9.03 Å². The SMILES string of the molecule is C/C=C(/OPOCC)C(=O)OCC. The van der Waals surface area contributed by atoms with Gasteiger partial charge in [-0.1, -0.05) is 0 Å². The van der Waals surface area contributed by atoms with Crippen molar-refractivity contribution in [3.63, 3.8) is 0 Å². The topological polar surface area (TPSA) is 44.8 Å². The van der Waals surface area contributed by atoms with Crippen molar-refractivity contribution in [2.45, 2.75) is 20.8 Å². The fourth-order valence-corrected chi connectivity index (χ4v) is 1.02. The van der Waals surface area contributed by atoms with E-state index in [9.17, 15) is 4.79 Å². The summed E-state index contributed by atoms with van der Waals surface area (Å²) in [4.78, 5) is 11.1. The second kappa shape index (κ2) is 8.02. The summed E-state index contributed by atoms with van der Waals surface area (Å²) in [5, 5.41) is 0. The van der Waals surface area contributed by atoms with Gasteiger partial charge in [-0.25, -0.2) is 4.79 Å². The number of rotatable bonds is 6. The first kappa shape index (κ1) is 12.4. The van der Waals surface area contributed by atoms with Gasteiger partial charge in [-0.15, -0.1) is 0 Å². The van der Waals surface area contributed by atoms with Crippen LogP contribution in [-0.2, 0) is 18.6 Å². The second-order valence-electron chi connectivity index (χ2n) is 1.99. The molecule has 0 rings (SSSR count). The molecular weight excluding hydrogens is 191 g/mol. The number of esters is 1. The maximum atomic E-state index is 11.1. The molecule has 0 saturated heterocycles. The molecule has 0 fully saturated rings. The van der Waals surface area contributed by atoms with Gasteiger partial charge in [0.1, 0.15) is 0 Å². The molecule has 5 heteroatoms. The Morgan fingerprint density at radius 3 is 2.54 bits per heavy atom. The maximum absolute atomic E-state index is 11.1. The van der Waals surface area contributed by atoms with Crippen LogP contribution in [0.2, 0.25) is 0 Å². The largest absolute Gasteiger partial charge is 0.460 e. The van der Waals surface area contributed by atoms with Crippen LogP contribution in [0, 0.1) is 0 Å². The number of ether oxygens (including phenoxy) is 1. The van der Waals surface area contributed by atoms with E-state index in [-0.39, 0.29) is 14.8 Å². The lowest BCUT2D eigenvalue weighted by Gasteiger charge is -2.07. The predicted molar refractivity (Wildman–Crippen MR) is 51.4 cm³/mol. The van der Waals surface area contributed by atoms with Crippen molar-refractivity contribution >= 4 is 15.0 Å². The number of carbonyl (C=O) groups excluding carboxylic acids is 1. The average Bonchev–Trinajstić information content (AvgIpc) is 2.13. The third kappa shape index (κ3) is 5.61. The summed E-state index contributed by atoms with van der Waals surface area (Å²) in [7, 11) is -0.153. The van der Waals surface area contributed by atoms with Crippen LogP contribution in [0.3, 0.4) is 0 Å². The lowest BCUT2D eigenvalue weighted by Crippen LogP contribution is -2.07. The summed E-state index contributed by atoms with van der Waals surface area (Å²) < 4.78 is 14.7. The van der Waals surface area contributed by atoms with Crippen molar-refractivity contribution < 1.29 is 18.6 Å². The first-order chi connectivity index (χ1) is 6.26. The van der Waals surface area contributed by atoms with Crippen LogP contribution in [0.4, 0.5) is 0 Å². The van der Waals surface area contributed by atoms with Crippen LogP contribution in [0.1, 0.15) is 20.8 Å². The Kier molecular flexibility index (Phi) is 7.65. The molecule has 0 bridgehead atoms. The van der Waals surface area contributed by atoms with Crippen LogP contribution in [0.25, 0.3) is 0 Å². The molecule has 0 spiro atoms. The molecule has 0 aliphatic rings. The van der Waals surface area contributed by atoms with Gasteiger partial charge in [0.2, 0.25) is 14.8 Å². The molecule has 0 aromatic carbocycles. The van der Waals surface area contributed by atoms with Gasteiger partial charge in [-0.2, -0.15) is 0 Å². The lowest BCUT2D eigenvalue weighted by molar-refractivity contribution is -0.141. The van der Waals surface area contributed by atoms with Gasteiger partial charge >= 0.3 is 5.97 Å². The first-order valence-electron chi connectivity index (χ1n) is 4.13. The smallest absolute Gasteiger partial charge is 0.373 e. The lowest BCUT2D eigenvalue weighted by atomic mass is 10.5. The zero-order chi connectivity index (χ0) is 10.1. The highest BCUT2D eigenvalue weighted by Gasteiger charge is 2.10. The highest BCUT2D eigenvalue weighted by molar-refractivity contribution is 7.26. The molecule has 0 heterocycles. The summed E-state index contributed by atoms with van der Waals surface area (Å²) >= 11 is 0. The van der Waals surface area contributed by atoms with E-state index in [1.807, 2.05) is 6.92 Å². The number of hydrogen-bond acceptors (Lipinski definition) is 4. The van der Waals surface area contributed by atoms with Crippen molar-refractivity contribution in [2.75, 3.05) is 13.2 Å². The molecule has 0 aliphatic carbocycles. The summed E-state index contributed by atoms with van der Waals surface area (Å²) in [6, 6.07) is 0. The summed E-state index contributed by atoms with van der Waals surface area (Å²) in [6.45, 7) is 6.23. The van der Waals surface area contributed by atoms with Gasteiger partial charge in [0, 0.05) is 0 Å². The minimum absolute atomic E-state index is 0.153. The Labute approximate surface area is 80.2 Å². The molecule has 0 amide bonds.